The third-order valence-electron chi connectivity index (χ3n) is 4.34. The van der Waals surface area contributed by atoms with Crippen molar-refractivity contribution in [3.05, 3.63) is 30.3 Å². The van der Waals surface area contributed by atoms with Crippen LogP contribution in [0.15, 0.2) is 30.3 Å². The minimum absolute atomic E-state index is 0.223. The minimum Gasteiger partial charge on any atom is -0.373 e. The Morgan fingerprint density at radius 2 is 1.92 bits per heavy atom. The van der Waals surface area contributed by atoms with E-state index in [2.05, 4.69) is 30.4 Å². The zero-order chi connectivity index (χ0) is 16.5. The number of fused-ring (bicyclic) bond motifs is 1. The minimum atomic E-state index is 0.223. The van der Waals surface area contributed by atoms with Gasteiger partial charge in [-0.05, 0) is 25.0 Å². The standard InChI is InChI=1S/C16H20N8/c1-18-14-9-15(20-16(17)19-14)23-8-4-5-11(10-23)24-21-12-6-2-3-7-13(12)22-24/h2-3,6-7,9,11H,4-5,8,10H2,1H3,(H3,17,18,19,20). The number of rotatable bonds is 3. The van der Waals surface area contributed by atoms with Crippen molar-refractivity contribution >= 4 is 28.6 Å². The van der Waals surface area contributed by atoms with Gasteiger partial charge >= 0.3 is 0 Å². The maximum Gasteiger partial charge on any atom is 0.223 e. The molecule has 0 spiro atoms. The van der Waals surface area contributed by atoms with Crippen LogP contribution < -0.4 is 16.0 Å². The van der Waals surface area contributed by atoms with Gasteiger partial charge in [0.15, 0.2) is 0 Å². The lowest BCUT2D eigenvalue weighted by Gasteiger charge is -2.33. The molecule has 1 aromatic carbocycles. The summed E-state index contributed by atoms with van der Waals surface area (Å²) in [6.45, 7) is 1.75. The maximum atomic E-state index is 5.82. The van der Waals surface area contributed by atoms with Gasteiger partial charge in [0.25, 0.3) is 0 Å². The van der Waals surface area contributed by atoms with E-state index in [0.29, 0.717) is 0 Å². The highest BCUT2D eigenvalue weighted by atomic mass is 15.5. The van der Waals surface area contributed by atoms with Gasteiger partial charge in [0.05, 0.1) is 6.04 Å². The lowest BCUT2D eigenvalue weighted by Crippen LogP contribution is -2.38. The van der Waals surface area contributed by atoms with Crippen molar-refractivity contribution in [3.63, 3.8) is 0 Å². The second kappa shape index (κ2) is 5.95. The van der Waals surface area contributed by atoms with Crippen molar-refractivity contribution in [3.8, 4) is 0 Å². The number of aromatic nitrogens is 5. The summed E-state index contributed by atoms with van der Waals surface area (Å²) in [6.07, 6.45) is 2.11. The molecule has 2 aromatic heterocycles. The van der Waals surface area contributed by atoms with Crippen LogP contribution in [0.5, 0.6) is 0 Å². The molecule has 8 nitrogen and oxygen atoms in total. The summed E-state index contributed by atoms with van der Waals surface area (Å²) < 4.78 is 0. The van der Waals surface area contributed by atoms with Crippen molar-refractivity contribution in [2.75, 3.05) is 36.1 Å². The normalized spacial score (nSPS) is 18.0. The molecule has 1 atom stereocenters. The van der Waals surface area contributed by atoms with E-state index in [9.17, 15) is 0 Å². The number of benzene rings is 1. The fourth-order valence-corrected chi connectivity index (χ4v) is 3.13. The molecule has 0 aliphatic carbocycles. The zero-order valence-electron chi connectivity index (χ0n) is 13.6. The first-order chi connectivity index (χ1) is 11.7. The Balaban J connectivity index is 1.60. The number of nitrogens with one attached hydrogen (secondary N) is 1. The summed E-state index contributed by atoms with van der Waals surface area (Å²) in [7, 11) is 1.82. The van der Waals surface area contributed by atoms with E-state index in [1.54, 1.807) is 0 Å². The number of piperidine rings is 1. The average Bonchev–Trinajstić information content (AvgIpc) is 3.05. The monoisotopic (exact) mass is 324 g/mol. The third kappa shape index (κ3) is 2.70. The van der Waals surface area contributed by atoms with Crippen molar-refractivity contribution in [2.45, 2.75) is 18.9 Å². The molecule has 8 heteroatoms. The van der Waals surface area contributed by atoms with Gasteiger partial charge in [-0.3, -0.25) is 0 Å². The Kier molecular flexibility index (Phi) is 3.64. The second-order valence-corrected chi connectivity index (χ2v) is 5.97. The molecular formula is C16H20N8. The van der Waals surface area contributed by atoms with Crippen LogP contribution in [-0.2, 0) is 0 Å². The lowest BCUT2D eigenvalue weighted by atomic mass is 10.1. The van der Waals surface area contributed by atoms with Crippen molar-refractivity contribution in [1.82, 2.24) is 25.0 Å². The van der Waals surface area contributed by atoms with E-state index in [1.165, 1.54) is 0 Å². The van der Waals surface area contributed by atoms with E-state index in [0.717, 1.165) is 48.6 Å². The Bertz CT molecular complexity index is 825. The average molecular weight is 324 g/mol. The predicted octanol–water partition coefficient (Wildman–Crippen LogP) is 1.69. The first-order valence-electron chi connectivity index (χ1n) is 8.12. The fourth-order valence-electron chi connectivity index (χ4n) is 3.13. The topological polar surface area (TPSA) is 97.8 Å². The molecule has 3 N–H and O–H groups in total. The summed E-state index contributed by atoms with van der Waals surface area (Å²) in [5.41, 5.74) is 7.68. The van der Waals surface area contributed by atoms with Crippen molar-refractivity contribution < 1.29 is 0 Å². The van der Waals surface area contributed by atoms with Crippen LogP contribution in [0, 0.1) is 0 Å². The van der Waals surface area contributed by atoms with E-state index in [1.807, 2.05) is 42.2 Å². The van der Waals surface area contributed by atoms with Crippen molar-refractivity contribution in [1.29, 1.82) is 0 Å². The largest absolute Gasteiger partial charge is 0.373 e. The fraction of sp³-hybridized carbons (Fsp3) is 0.375. The van der Waals surface area contributed by atoms with Crippen LogP contribution in [0.1, 0.15) is 18.9 Å². The molecule has 1 aliphatic rings. The van der Waals surface area contributed by atoms with Gasteiger partial charge in [0.2, 0.25) is 5.95 Å². The highest BCUT2D eigenvalue weighted by molar-refractivity contribution is 5.73. The number of nitrogens with zero attached hydrogens (tertiary/aromatic N) is 6. The van der Waals surface area contributed by atoms with Crippen LogP contribution in [0.3, 0.4) is 0 Å². The lowest BCUT2D eigenvalue weighted by molar-refractivity contribution is 0.344. The smallest absolute Gasteiger partial charge is 0.223 e. The van der Waals surface area contributed by atoms with Crippen LogP contribution in [0.25, 0.3) is 11.0 Å². The molecule has 4 rings (SSSR count). The second-order valence-electron chi connectivity index (χ2n) is 5.97. The molecule has 1 unspecified atom stereocenters. The molecule has 1 aliphatic heterocycles. The molecular weight excluding hydrogens is 304 g/mol. The van der Waals surface area contributed by atoms with Crippen molar-refractivity contribution in [2.24, 2.45) is 0 Å². The SMILES string of the molecule is CNc1cc(N2CCCC(n3nc4ccccc4n3)C2)nc(N)n1. The van der Waals surface area contributed by atoms with Crippen LogP contribution in [-0.4, -0.2) is 45.1 Å². The van der Waals surface area contributed by atoms with E-state index >= 15 is 0 Å². The molecule has 3 aromatic rings. The van der Waals surface area contributed by atoms with Gasteiger partial charge in [-0.2, -0.15) is 25.0 Å². The molecule has 0 saturated carbocycles. The van der Waals surface area contributed by atoms with Gasteiger partial charge in [0.1, 0.15) is 22.7 Å². The number of hydrogen-bond donors (Lipinski definition) is 2. The van der Waals surface area contributed by atoms with E-state index in [-0.39, 0.29) is 12.0 Å². The molecule has 24 heavy (non-hydrogen) atoms. The summed E-state index contributed by atoms with van der Waals surface area (Å²) in [5, 5.41) is 12.3. The van der Waals surface area contributed by atoms with Crippen LogP contribution >= 0.6 is 0 Å². The first kappa shape index (κ1) is 14.7. The quantitative estimate of drug-likeness (QED) is 0.756. The summed E-state index contributed by atoms with van der Waals surface area (Å²) in [5.74, 6) is 1.85. The Labute approximate surface area is 139 Å². The summed E-state index contributed by atoms with van der Waals surface area (Å²) in [4.78, 5) is 12.6. The third-order valence-corrected chi connectivity index (χ3v) is 4.34. The highest BCUT2D eigenvalue weighted by Gasteiger charge is 2.24. The number of nitrogens with two attached hydrogens (primary N) is 1. The molecule has 124 valence electrons. The van der Waals surface area contributed by atoms with E-state index < -0.39 is 0 Å². The molecule has 3 heterocycles. The van der Waals surface area contributed by atoms with E-state index in [4.69, 9.17) is 5.73 Å². The number of hydrogen-bond acceptors (Lipinski definition) is 7. The summed E-state index contributed by atoms with van der Waals surface area (Å²) >= 11 is 0. The van der Waals surface area contributed by atoms with Gasteiger partial charge < -0.3 is 16.0 Å². The Hall–Kier alpha value is -2.90. The molecule has 1 fully saturated rings. The molecule has 0 amide bonds. The first-order valence-corrected chi connectivity index (χ1v) is 8.12. The summed E-state index contributed by atoms with van der Waals surface area (Å²) in [6, 6.07) is 10.1. The van der Waals surface area contributed by atoms with Gasteiger partial charge in [-0.15, -0.1) is 0 Å². The molecule has 0 bridgehead atoms. The predicted molar refractivity (Wildman–Crippen MR) is 94.0 cm³/mol. The van der Waals surface area contributed by atoms with Gasteiger partial charge in [0, 0.05) is 26.2 Å². The highest BCUT2D eigenvalue weighted by Crippen LogP contribution is 2.26. The maximum absolute atomic E-state index is 5.82. The van der Waals surface area contributed by atoms with Crippen LogP contribution in [0.4, 0.5) is 17.6 Å². The Morgan fingerprint density at radius 3 is 2.62 bits per heavy atom. The number of nitrogen functional groups attached to an aromatic ring is 1. The number of anilines is 3. The Morgan fingerprint density at radius 1 is 1.17 bits per heavy atom. The molecule has 1 saturated heterocycles. The van der Waals surface area contributed by atoms with Crippen LogP contribution in [0.2, 0.25) is 0 Å². The van der Waals surface area contributed by atoms with Gasteiger partial charge in [-0.25, -0.2) is 0 Å². The van der Waals surface area contributed by atoms with Gasteiger partial charge in [-0.1, -0.05) is 12.1 Å². The molecule has 0 radical (unpaired) electrons. The zero-order valence-corrected chi connectivity index (χ0v) is 13.6.